The average molecular weight is 190 g/mol. The first-order valence-corrected chi connectivity index (χ1v) is 6.07. The van der Waals surface area contributed by atoms with E-state index < -0.39 is 0 Å². The van der Waals surface area contributed by atoms with Crippen LogP contribution < -0.4 is 0 Å². The molecule has 0 heterocycles. The minimum atomic E-state index is 0.487. The summed E-state index contributed by atoms with van der Waals surface area (Å²) in [5, 5.41) is 0. The molecule has 0 amide bonds. The van der Waals surface area contributed by atoms with E-state index in [0.717, 1.165) is 11.8 Å². The molecule has 0 saturated carbocycles. The molecule has 0 aliphatic heterocycles. The SMILES string of the molecule is CCC1[C@@H](C)C=CC2=CCCC[C@@]21C. The van der Waals surface area contributed by atoms with Gasteiger partial charge in [0.25, 0.3) is 0 Å². The monoisotopic (exact) mass is 190 g/mol. The van der Waals surface area contributed by atoms with Crippen LogP contribution in [0.2, 0.25) is 0 Å². The summed E-state index contributed by atoms with van der Waals surface area (Å²) in [7, 11) is 0. The summed E-state index contributed by atoms with van der Waals surface area (Å²) >= 11 is 0. The highest BCUT2D eigenvalue weighted by atomic mass is 14.4. The molecule has 0 aromatic rings. The molecule has 0 bridgehead atoms. The van der Waals surface area contributed by atoms with E-state index in [1.54, 1.807) is 5.57 Å². The lowest BCUT2D eigenvalue weighted by atomic mass is 9.59. The van der Waals surface area contributed by atoms with E-state index in [4.69, 9.17) is 0 Å². The molecule has 2 aliphatic carbocycles. The second-order valence-corrected chi connectivity index (χ2v) is 5.20. The Kier molecular flexibility index (Phi) is 2.55. The summed E-state index contributed by atoms with van der Waals surface area (Å²) in [6.45, 7) is 7.20. The van der Waals surface area contributed by atoms with Crippen molar-refractivity contribution in [3.8, 4) is 0 Å². The summed E-state index contributed by atoms with van der Waals surface area (Å²) in [5.41, 5.74) is 2.11. The lowest BCUT2D eigenvalue weighted by Gasteiger charge is -2.46. The van der Waals surface area contributed by atoms with E-state index in [1.807, 2.05) is 0 Å². The van der Waals surface area contributed by atoms with E-state index in [-0.39, 0.29) is 0 Å². The Morgan fingerprint density at radius 1 is 1.50 bits per heavy atom. The summed E-state index contributed by atoms with van der Waals surface area (Å²) in [4.78, 5) is 0. The quantitative estimate of drug-likeness (QED) is 0.577. The Balaban J connectivity index is 2.39. The number of fused-ring (bicyclic) bond motifs is 1. The zero-order chi connectivity index (χ0) is 10.2. The predicted octanol–water partition coefficient (Wildman–Crippen LogP) is 4.34. The molecule has 1 unspecified atom stereocenters. The highest BCUT2D eigenvalue weighted by molar-refractivity contribution is 5.33. The molecule has 0 aromatic carbocycles. The molecule has 78 valence electrons. The van der Waals surface area contributed by atoms with Crippen LogP contribution in [0.3, 0.4) is 0 Å². The van der Waals surface area contributed by atoms with Crippen LogP contribution in [0.4, 0.5) is 0 Å². The Morgan fingerprint density at radius 3 is 3.00 bits per heavy atom. The number of allylic oxidation sites excluding steroid dienone is 4. The third-order valence-electron chi connectivity index (χ3n) is 4.40. The molecular weight excluding hydrogens is 168 g/mol. The fourth-order valence-electron chi connectivity index (χ4n) is 3.55. The predicted molar refractivity (Wildman–Crippen MR) is 62.1 cm³/mol. The van der Waals surface area contributed by atoms with E-state index in [9.17, 15) is 0 Å². The number of hydrogen-bond donors (Lipinski definition) is 0. The van der Waals surface area contributed by atoms with Crippen molar-refractivity contribution in [1.29, 1.82) is 0 Å². The van der Waals surface area contributed by atoms with Crippen LogP contribution in [0.1, 0.15) is 46.5 Å². The highest BCUT2D eigenvalue weighted by Crippen LogP contribution is 2.51. The van der Waals surface area contributed by atoms with Gasteiger partial charge in [0.05, 0.1) is 0 Å². The average Bonchev–Trinajstić information content (AvgIpc) is 2.17. The fraction of sp³-hybridized carbons (Fsp3) is 0.714. The molecule has 14 heavy (non-hydrogen) atoms. The van der Waals surface area contributed by atoms with Crippen molar-refractivity contribution >= 4 is 0 Å². The van der Waals surface area contributed by atoms with Crippen LogP contribution in [0.5, 0.6) is 0 Å². The maximum atomic E-state index is 2.48. The normalized spacial score (nSPS) is 41.8. The summed E-state index contributed by atoms with van der Waals surface area (Å²) < 4.78 is 0. The second-order valence-electron chi connectivity index (χ2n) is 5.20. The summed E-state index contributed by atoms with van der Waals surface area (Å²) in [6.07, 6.45) is 12.7. The third kappa shape index (κ3) is 1.36. The lowest BCUT2D eigenvalue weighted by Crippen LogP contribution is -2.36. The molecule has 0 saturated heterocycles. The Hall–Kier alpha value is -0.520. The standard InChI is InChI=1S/C14H22/c1-4-13-11(2)8-9-12-7-5-6-10-14(12,13)3/h7-9,11,13H,4-6,10H2,1-3H3/t11-,13?,14-/m0/s1. The first kappa shape index (κ1) is 10.0. The maximum absolute atomic E-state index is 2.48. The smallest absolute Gasteiger partial charge is 0.00448 e. The zero-order valence-electron chi connectivity index (χ0n) is 9.72. The maximum Gasteiger partial charge on any atom is -0.00448 e. The molecule has 0 radical (unpaired) electrons. The van der Waals surface area contributed by atoms with Crippen molar-refractivity contribution in [3.63, 3.8) is 0 Å². The molecular formula is C14H22. The van der Waals surface area contributed by atoms with Gasteiger partial charge in [-0.3, -0.25) is 0 Å². The van der Waals surface area contributed by atoms with Crippen LogP contribution in [0.15, 0.2) is 23.8 Å². The van der Waals surface area contributed by atoms with E-state index in [1.165, 1.54) is 25.7 Å². The minimum absolute atomic E-state index is 0.487. The molecule has 0 aromatic heterocycles. The summed E-state index contributed by atoms with van der Waals surface area (Å²) in [5.74, 6) is 1.62. The summed E-state index contributed by atoms with van der Waals surface area (Å²) in [6, 6.07) is 0. The third-order valence-corrected chi connectivity index (χ3v) is 4.40. The van der Waals surface area contributed by atoms with Gasteiger partial charge in [0.15, 0.2) is 0 Å². The van der Waals surface area contributed by atoms with E-state index >= 15 is 0 Å². The molecule has 0 fully saturated rings. The highest BCUT2D eigenvalue weighted by Gasteiger charge is 2.40. The topological polar surface area (TPSA) is 0 Å². The van der Waals surface area contributed by atoms with Crippen molar-refractivity contribution in [2.45, 2.75) is 46.5 Å². The first-order chi connectivity index (χ1) is 6.68. The van der Waals surface area contributed by atoms with Crippen molar-refractivity contribution < 1.29 is 0 Å². The molecule has 0 nitrogen and oxygen atoms in total. The molecule has 3 atom stereocenters. The van der Waals surface area contributed by atoms with Crippen molar-refractivity contribution in [3.05, 3.63) is 23.8 Å². The van der Waals surface area contributed by atoms with Gasteiger partial charge in [-0.2, -0.15) is 0 Å². The second kappa shape index (κ2) is 3.56. The Morgan fingerprint density at radius 2 is 2.29 bits per heavy atom. The lowest BCUT2D eigenvalue weighted by molar-refractivity contribution is 0.156. The Bertz CT molecular complexity index is 272. The minimum Gasteiger partial charge on any atom is -0.0811 e. The van der Waals surface area contributed by atoms with Gasteiger partial charge in [-0.05, 0) is 42.1 Å². The van der Waals surface area contributed by atoms with Gasteiger partial charge in [0.1, 0.15) is 0 Å². The van der Waals surface area contributed by atoms with E-state index in [2.05, 4.69) is 39.0 Å². The molecule has 0 N–H and O–H groups in total. The molecule has 0 spiro atoms. The van der Waals surface area contributed by atoms with Crippen molar-refractivity contribution in [1.82, 2.24) is 0 Å². The van der Waals surface area contributed by atoms with Crippen LogP contribution in [-0.2, 0) is 0 Å². The van der Waals surface area contributed by atoms with Crippen LogP contribution in [-0.4, -0.2) is 0 Å². The van der Waals surface area contributed by atoms with Gasteiger partial charge < -0.3 is 0 Å². The van der Waals surface area contributed by atoms with Crippen molar-refractivity contribution in [2.24, 2.45) is 17.3 Å². The number of hydrogen-bond acceptors (Lipinski definition) is 0. The van der Waals surface area contributed by atoms with Crippen LogP contribution in [0, 0.1) is 17.3 Å². The largest absolute Gasteiger partial charge is 0.0811 e. The van der Waals surface area contributed by atoms with Gasteiger partial charge in [-0.25, -0.2) is 0 Å². The fourth-order valence-corrected chi connectivity index (χ4v) is 3.55. The van der Waals surface area contributed by atoms with Gasteiger partial charge in [0, 0.05) is 0 Å². The number of rotatable bonds is 1. The van der Waals surface area contributed by atoms with Gasteiger partial charge >= 0.3 is 0 Å². The van der Waals surface area contributed by atoms with Gasteiger partial charge in [-0.1, -0.05) is 45.4 Å². The molecule has 2 rings (SSSR count). The van der Waals surface area contributed by atoms with Crippen molar-refractivity contribution in [2.75, 3.05) is 0 Å². The Labute approximate surface area is 88.1 Å². The van der Waals surface area contributed by atoms with Crippen LogP contribution in [0.25, 0.3) is 0 Å². The van der Waals surface area contributed by atoms with Gasteiger partial charge in [-0.15, -0.1) is 0 Å². The zero-order valence-corrected chi connectivity index (χ0v) is 9.72. The molecule has 2 aliphatic rings. The van der Waals surface area contributed by atoms with Gasteiger partial charge in [0.2, 0.25) is 0 Å². The van der Waals surface area contributed by atoms with Crippen LogP contribution >= 0.6 is 0 Å². The first-order valence-electron chi connectivity index (χ1n) is 6.07. The van der Waals surface area contributed by atoms with E-state index in [0.29, 0.717) is 5.41 Å². The molecule has 0 heteroatoms.